The average Bonchev–Trinajstić information content (AvgIpc) is 3.63. The van der Waals surface area contributed by atoms with Gasteiger partial charge in [-0.2, -0.15) is 0 Å². The lowest BCUT2D eigenvalue weighted by Crippen LogP contribution is -2.51. The number of aromatic amines is 1. The number of rotatable bonds is 4. The molecule has 38 heavy (non-hydrogen) atoms. The van der Waals surface area contributed by atoms with Crippen molar-refractivity contribution < 1.29 is 14.3 Å². The number of para-hydroxylation sites is 1. The maximum Gasteiger partial charge on any atom is 0.261 e. The second kappa shape index (κ2) is 9.30. The van der Waals surface area contributed by atoms with Gasteiger partial charge in [0.05, 0.1) is 35.1 Å². The van der Waals surface area contributed by atoms with Crippen molar-refractivity contribution in [2.24, 2.45) is 0 Å². The molecule has 2 saturated heterocycles. The third-order valence-electron chi connectivity index (χ3n) is 7.87. The molecule has 0 saturated carbocycles. The number of carbonyl (C=O) groups is 2. The molecule has 2 amide bonds. The van der Waals surface area contributed by atoms with E-state index >= 15 is 0 Å². The van der Waals surface area contributed by atoms with Gasteiger partial charge < -0.3 is 14.6 Å². The van der Waals surface area contributed by atoms with Crippen LogP contribution < -0.4 is 10.2 Å². The lowest BCUT2D eigenvalue weighted by atomic mass is 9.97. The molecular weight excluding hydrogens is 500 g/mol. The summed E-state index contributed by atoms with van der Waals surface area (Å²) in [6.45, 7) is 6.53. The van der Waals surface area contributed by atoms with E-state index in [1.165, 1.54) is 0 Å². The number of hydrogen-bond donors (Lipinski definition) is 2. The quantitative estimate of drug-likeness (QED) is 0.391. The van der Waals surface area contributed by atoms with Crippen LogP contribution in [0.3, 0.4) is 0 Å². The number of H-pyrrole nitrogens is 1. The molecule has 3 aliphatic heterocycles. The Morgan fingerprint density at radius 3 is 2.66 bits per heavy atom. The zero-order chi connectivity index (χ0) is 25.8. The fraction of sp³-hybridized carbons (Fsp3) is 0.357. The normalized spacial score (nSPS) is 21.7. The minimum Gasteiger partial charge on any atom is -0.376 e. The average molecular weight is 529 g/mol. The Morgan fingerprint density at radius 1 is 1.00 bits per heavy atom. The summed E-state index contributed by atoms with van der Waals surface area (Å²) in [6, 6.07) is 10.2. The van der Waals surface area contributed by atoms with E-state index in [0.717, 1.165) is 66.7 Å². The van der Waals surface area contributed by atoms with Crippen molar-refractivity contribution >= 4 is 61.4 Å². The number of nitrogens with one attached hydrogen (secondary N) is 2. The van der Waals surface area contributed by atoms with Gasteiger partial charge in [-0.05, 0) is 37.3 Å². The van der Waals surface area contributed by atoms with Gasteiger partial charge in [-0.15, -0.1) is 11.3 Å². The van der Waals surface area contributed by atoms with Gasteiger partial charge in [0.2, 0.25) is 5.95 Å². The van der Waals surface area contributed by atoms with Crippen molar-refractivity contribution in [1.29, 1.82) is 0 Å². The van der Waals surface area contributed by atoms with Crippen LogP contribution in [-0.2, 0) is 14.3 Å². The first-order valence-corrected chi connectivity index (χ1v) is 14.0. The Morgan fingerprint density at radius 2 is 1.82 bits per heavy atom. The highest BCUT2D eigenvalue weighted by atomic mass is 32.1. The number of piperidine rings is 1. The molecular formula is C28H28N6O3S. The number of carbonyl (C=O) groups excluding carboxylic acids is 2. The lowest BCUT2D eigenvalue weighted by molar-refractivity contribution is -0.122. The van der Waals surface area contributed by atoms with Gasteiger partial charge >= 0.3 is 0 Å². The number of aromatic nitrogens is 3. The number of morpholine rings is 1. The third kappa shape index (κ3) is 3.91. The first-order valence-electron chi connectivity index (χ1n) is 13.1. The van der Waals surface area contributed by atoms with Gasteiger partial charge in [-0.3, -0.25) is 19.8 Å². The molecule has 0 aliphatic carbocycles. The highest BCUT2D eigenvalue weighted by molar-refractivity contribution is 7.16. The van der Waals surface area contributed by atoms with Crippen LogP contribution in [0.5, 0.6) is 0 Å². The predicted octanol–water partition coefficient (Wildman–Crippen LogP) is 3.43. The summed E-state index contributed by atoms with van der Waals surface area (Å²) < 4.78 is 5.73. The summed E-state index contributed by atoms with van der Waals surface area (Å²) >= 11 is 1.56. The number of imide groups is 1. The number of ether oxygens (including phenoxy) is 1. The molecule has 6 heterocycles. The van der Waals surface area contributed by atoms with Gasteiger partial charge in [-0.25, -0.2) is 9.97 Å². The van der Waals surface area contributed by atoms with Gasteiger partial charge in [-0.1, -0.05) is 18.2 Å². The van der Waals surface area contributed by atoms with Crippen LogP contribution in [0.2, 0.25) is 0 Å². The van der Waals surface area contributed by atoms with Crippen LogP contribution >= 0.6 is 11.3 Å². The largest absolute Gasteiger partial charge is 0.376 e. The summed E-state index contributed by atoms with van der Waals surface area (Å²) in [5.41, 5.74) is 2.63. The SMILES string of the molecule is C[C@H]1CN(C2CCN(c3nc(C4=C(c5c[nH]c6sccc56)C(=O)NC4=O)c4ccccc4n3)CC2)CCO1. The van der Waals surface area contributed by atoms with Gasteiger partial charge in [0, 0.05) is 54.8 Å². The highest BCUT2D eigenvalue weighted by Gasteiger charge is 2.36. The second-order valence-corrected chi connectivity index (χ2v) is 11.1. The van der Waals surface area contributed by atoms with E-state index in [2.05, 4.69) is 27.0 Å². The van der Waals surface area contributed by atoms with E-state index in [1.54, 1.807) is 17.5 Å². The Balaban J connectivity index is 1.29. The zero-order valence-corrected chi connectivity index (χ0v) is 21.9. The molecule has 1 aromatic carbocycles. The van der Waals surface area contributed by atoms with Gasteiger partial charge in [0.25, 0.3) is 11.8 Å². The lowest BCUT2D eigenvalue weighted by Gasteiger charge is -2.41. The molecule has 3 aromatic heterocycles. The summed E-state index contributed by atoms with van der Waals surface area (Å²) in [5.74, 6) is -0.229. The number of nitrogens with zero attached hydrogens (tertiary/aromatic N) is 4. The topological polar surface area (TPSA) is 103 Å². The Hall–Kier alpha value is -3.60. The van der Waals surface area contributed by atoms with Crippen molar-refractivity contribution in [1.82, 2.24) is 25.2 Å². The Labute approximate surface area is 223 Å². The predicted molar refractivity (Wildman–Crippen MR) is 148 cm³/mol. The van der Waals surface area contributed by atoms with Crippen LogP contribution in [0.1, 0.15) is 31.0 Å². The van der Waals surface area contributed by atoms with E-state index in [9.17, 15) is 9.59 Å². The van der Waals surface area contributed by atoms with E-state index < -0.39 is 11.8 Å². The second-order valence-electron chi connectivity index (χ2n) is 10.2. The summed E-state index contributed by atoms with van der Waals surface area (Å²) in [7, 11) is 0. The molecule has 2 fully saturated rings. The monoisotopic (exact) mass is 528 g/mol. The minimum atomic E-state index is -0.426. The number of hydrogen-bond acceptors (Lipinski definition) is 8. The molecule has 4 aromatic rings. The number of benzene rings is 1. The summed E-state index contributed by atoms with van der Waals surface area (Å²) in [6.07, 6.45) is 4.11. The van der Waals surface area contributed by atoms with Gasteiger partial charge in [0.15, 0.2) is 0 Å². The highest BCUT2D eigenvalue weighted by Crippen LogP contribution is 2.38. The van der Waals surface area contributed by atoms with E-state index in [0.29, 0.717) is 34.4 Å². The third-order valence-corrected chi connectivity index (χ3v) is 8.71. The van der Waals surface area contributed by atoms with Crippen molar-refractivity contribution in [2.45, 2.75) is 31.9 Å². The Bertz CT molecular complexity index is 1600. The molecule has 10 heteroatoms. The van der Waals surface area contributed by atoms with Gasteiger partial charge in [0.1, 0.15) is 4.83 Å². The van der Waals surface area contributed by atoms with Crippen molar-refractivity contribution in [3.05, 3.63) is 53.2 Å². The fourth-order valence-electron chi connectivity index (χ4n) is 6.00. The number of fused-ring (bicyclic) bond motifs is 2. The maximum atomic E-state index is 13.3. The Kier molecular flexibility index (Phi) is 5.75. The smallest absolute Gasteiger partial charge is 0.261 e. The summed E-state index contributed by atoms with van der Waals surface area (Å²) in [4.78, 5) is 45.2. The molecule has 0 bridgehead atoms. The van der Waals surface area contributed by atoms with E-state index in [1.807, 2.05) is 35.7 Å². The fourth-order valence-corrected chi connectivity index (χ4v) is 6.77. The van der Waals surface area contributed by atoms with Crippen molar-refractivity contribution in [3.63, 3.8) is 0 Å². The first kappa shape index (κ1) is 23.5. The molecule has 194 valence electrons. The van der Waals surface area contributed by atoms with E-state index in [-0.39, 0.29) is 6.10 Å². The molecule has 1 atom stereocenters. The van der Waals surface area contributed by atoms with Crippen molar-refractivity contribution in [3.8, 4) is 0 Å². The van der Waals surface area contributed by atoms with Crippen LogP contribution in [0.15, 0.2) is 41.9 Å². The molecule has 0 spiro atoms. The van der Waals surface area contributed by atoms with Crippen molar-refractivity contribution in [2.75, 3.05) is 37.7 Å². The molecule has 3 aliphatic rings. The summed E-state index contributed by atoms with van der Waals surface area (Å²) in [5, 5.41) is 6.16. The molecule has 7 rings (SSSR count). The molecule has 0 radical (unpaired) electrons. The molecule has 0 unspecified atom stereocenters. The molecule has 9 nitrogen and oxygen atoms in total. The minimum absolute atomic E-state index is 0.270. The number of anilines is 1. The van der Waals surface area contributed by atoms with Crippen LogP contribution in [0.25, 0.3) is 32.3 Å². The van der Waals surface area contributed by atoms with Crippen LogP contribution in [0, 0.1) is 0 Å². The van der Waals surface area contributed by atoms with Crippen LogP contribution in [-0.4, -0.2) is 76.6 Å². The first-order chi connectivity index (χ1) is 18.6. The molecule has 2 N–H and O–H groups in total. The van der Waals surface area contributed by atoms with E-state index in [4.69, 9.17) is 14.7 Å². The maximum absolute atomic E-state index is 13.3. The standard InChI is InChI=1S/C28H28N6O3S/c1-16-15-34(11-12-37-16)17-6-9-33(10-7-17)28-30-21-5-3-2-4-19(21)24(31-28)23-22(25(35)32-26(23)36)20-14-29-27-18(20)8-13-38-27/h2-5,8,13-14,16-17,29H,6-7,9-12,15H2,1H3,(H,32,35,36)/t16-/m0/s1. The van der Waals surface area contributed by atoms with Crippen LogP contribution in [0.4, 0.5) is 5.95 Å². The number of amides is 2. The zero-order valence-electron chi connectivity index (χ0n) is 21.1. The number of thiophene rings is 1.